The van der Waals surface area contributed by atoms with Crippen LogP contribution in [-0.2, 0) is 14.3 Å². The summed E-state index contributed by atoms with van der Waals surface area (Å²) in [6.07, 6.45) is 0. The summed E-state index contributed by atoms with van der Waals surface area (Å²) in [5.41, 5.74) is 2.65. The second kappa shape index (κ2) is 8.64. The van der Waals surface area contributed by atoms with Crippen LogP contribution in [0.2, 0.25) is 0 Å². The molecule has 1 amide bonds. The highest BCUT2D eigenvalue weighted by Crippen LogP contribution is 2.18. The van der Waals surface area contributed by atoms with Gasteiger partial charge in [-0.05, 0) is 45.7 Å². The number of ether oxygens (including phenoxy) is 1. The normalized spacial score (nSPS) is 20.5. The van der Waals surface area contributed by atoms with Gasteiger partial charge in [0.05, 0.1) is 0 Å². The van der Waals surface area contributed by atoms with Crippen molar-refractivity contribution in [2.24, 2.45) is 0 Å². The Morgan fingerprint density at radius 2 is 1.50 bits per heavy atom. The minimum absolute atomic E-state index is 0.0491. The lowest BCUT2D eigenvalue weighted by atomic mass is 10.1. The van der Waals surface area contributed by atoms with Gasteiger partial charge in [-0.2, -0.15) is 0 Å². The van der Waals surface area contributed by atoms with E-state index >= 15 is 0 Å². The van der Waals surface area contributed by atoms with Gasteiger partial charge in [-0.15, -0.1) is 0 Å². The predicted molar refractivity (Wildman–Crippen MR) is 102 cm³/mol. The number of para-hydroxylation sites is 1. The first-order chi connectivity index (χ1) is 12.1. The summed E-state index contributed by atoms with van der Waals surface area (Å²) in [7, 11) is 0. The van der Waals surface area contributed by atoms with Crippen molar-refractivity contribution in [1.29, 1.82) is 0 Å². The fourth-order valence-electron chi connectivity index (χ4n) is 3.31. The van der Waals surface area contributed by atoms with Crippen LogP contribution in [0.4, 0.5) is 5.69 Å². The smallest absolute Gasteiger partial charge is 0.362 e. The third-order valence-corrected chi connectivity index (χ3v) is 4.63. The molecule has 6 heteroatoms. The van der Waals surface area contributed by atoms with Crippen LogP contribution in [0.15, 0.2) is 18.2 Å². The van der Waals surface area contributed by atoms with Crippen molar-refractivity contribution in [3.63, 3.8) is 0 Å². The molecular weight excluding hydrogens is 330 g/mol. The van der Waals surface area contributed by atoms with Gasteiger partial charge >= 0.3 is 5.97 Å². The second-order valence-electron chi connectivity index (χ2n) is 8.25. The number of aryl methyl sites for hydroxylation is 2. The van der Waals surface area contributed by atoms with Gasteiger partial charge in [-0.25, -0.2) is 4.79 Å². The molecule has 0 radical (unpaired) electrons. The molecule has 3 N–H and O–H groups in total. The van der Waals surface area contributed by atoms with E-state index in [9.17, 15) is 9.59 Å². The van der Waals surface area contributed by atoms with Crippen LogP contribution in [-0.4, -0.2) is 56.7 Å². The molecule has 1 aromatic rings. The number of carbonyl (C=O) groups is 2. The minimum atomic E-state index is -0.435. The lowest BCUT2D eigenvalue weighted by Crippen LogP contribution is -3.28. The fourth-order valence-corrected chi connectivity index (χ4v) is 3.31. The van der Waals surface area contributed by atoms with Crippen molar-refractivity contribution in [3.8, 4) is 0 Å². The maximum absolute atomic E-state index is 12.4. The molecule has 144 valence electrons. The maximum Gasteiger partial charge on any atom is 0.362 e. The average Bonchev–Trinajstić information content (AvgIpc) is 2.51. The third kappa shape index (κ3) is 6.42. The summed E-state index contributed by atoms with van der Waals surface area (Å²) >= 11 is 0. The average molecular weight is 364 g/mol. The van der Waals surface area contributed by atoms with E-state index in [1.165, 1.54) is 9.80 Å². The molecule has 1 aromatic carbocycles. The Balaban J connectivity index is 1.76. The van der Waals surface area contributed by atoms with Gasteiger partial charge in [0.25, 0.3) is 5.91 Å². The van der Waals surface area contributed by atoms with Crippen molar-refractivity contribution in [1.82, 2.24) is 0 Å². The molecule has 6 nitrogen and oxygen atoms in total. The van der Waals surface area contributed by atoms with Gasteiger partial charge in [0.2, 0.25) is 0 Å². The standard InChI is InChI=1S/C20H31N3O3/c1-15-7-6-8-16(2)19(15)21-17(24)13-22-9-11-23(12-10-22)14-18(25)26-20(3,4)5/h6-8H,9-14H2,1-5H3,(H,21,24)/p+2. The van der Waals surface area contributed by atoms with E-state index in [1.807, 2.05) is 52.8 Å². The summed E-state index contributed by atoms with van der Waals surface area (Å²) in [6, 6.07) is 6.01. The van der Waals surface area contributed by atoms with Crippen LogP contribution in [0.25, 0.3) is 0 Å². The highest BCUT2D eigenvalue weighted by Gasteiger charge is 2.28. The van der Waals surface area contributed by atoms with Crippen LogP contribution < -0.4 is 15.1 Å². The van der Waals surface area contributed by atoms with Crippen molar-refractivity contribution < 1.29 is 24.1 Å². The Morgan fingerprint density at radius 1 is 1.00 bits per heavy atom. The maximum atomic E-state index is 12.4. The highest BCUT2D eigenvalue weighted by molar-refractivity contribution is 5.93. The van der Waals surface area contributed by atoms with E-state index in [1.54, 1.807) is 0 Å². The number of amides is 1. The number of anilines is 1. The van der Waals surface area contributed by atoms with E-state index in [-0.39, 0.29) is 11.9 Å². The number of nitrogens with one attached hydrogen (secondary N) is 3. The predicted octanol–water partition coefficient (Wildman–Crippen LogP) is -0.633. The Bertz CT molecular complexity index is 624. The quantitative estimate of drug-likeness (QED) is 0.610. The largest absolute Gasteiger partial charge is 0.456 e. The zero-order valence-corrected chi connectivity index (χ0v) is 16.7. The van der Waals surface area contributed by atoms with Gasteiger partial charge < -0.3 is 19.9 Å². The summed E-state index contributed by atoms with van der Waals surface area (Å²) in [5, 5.41) is 3.05. The zero-order valence-electron chi connectivity index (χ0n) is 16.7. The Morgan fingerprint density at radius 3 is 2.00 bits per heavy atom. The van der Waals surface area contributed by atoms with Crippen LogP contribution >= 0.6 is 0 Å². The van der Waals surface area contributed by atoms with Crippen molar-refractivity contribution in [3.05, 3.63) is 29.3 Å². The number of piperazine rings is 1. The topological polar surface area (TPSA) is 64.3 Å². The molecule has 0 aromatic heterocycles. The molecule has 0 unspecified atom stereocenters. The molecule has 0 aliphatic carbocycles. The Hall–Kier alpha value is -1.92. The zero-order chi connectivity index (χ0) is 19.3. The number of quaternary nitrogens is 2. The first-order valence-corrected chi connectivity index (χ1v) is 9.39. The summed E-state index contributed by atoms with van der Waals surface area (Å²) in [6.45, 7) is 14.1. The number of hydrogen-bond acceptors (Lipinski definition) is 3. The van der Waals surface area contributed by atoms with Gasteiger partial charge in [-0.3, -0.25) is 4.79 Å². The molecule has 0 saturated carbocycles. The minimum Gasteiger partial charge on any atom is -0.456 e. The van der Waals surface area contributed by atoms with E-state index < -0.39 is 5.60 Å². The molecule has 1 aliphatic rings. The Kier molecular flexibility index (Phi) is 6.78. The summed E-state index contributed by atoms with van der Waals surface area (Å²) < 4.78 is 5.39. The molecule has 1 fully saturated rings. The van der Waals surface area contributed by atoms with Gasteiger partial charge in [0, 0.05) is 5.69 Å². The Labute approximate surface area is 156 Å². The van der Waals surface area contributed by atoms with Crippen molar-refractivity contribution >= 4 is 17.6 Å². The van der Waals surface area contributed by atoms with Crippen molar-refractivity contribution in [2.45, 2.75) is 40.2 Å². The third-order valence-electron chi connectivity index (χ3n) is 4.63. The molecule has 0 atom stereocenters. The van der Waals surface area contributed by atoms with Crippen LogP contribution in [0.1, 0.15) is 31.9 Å². The van der Waals surface area contributed by atoms with E-state index in [0.29, 0.717) is 13.1 Å². The fraction of sp³-hybridized carbons (Fsp3) is 0.600. The molecule has 0 spiro atoms. The molecule has 0 bridgehead atoms. The monoisotopic (exact) mass is 363 g/mol. The van der Waals surface area contributed by atoms with Crippen LogP contribution in [0.3, 0.4) is 0 Å². The molecular formula is C20H33N3O3+2. The van der Waals surface area contributed by atoms with Gasteiger partial charge in [0.1, 0.15) is 31.8 Å². The van der Waals surface area contributed by atoms with Crippen LogP contribution in [0.5, 0.6) is 0 Å². The van der Waals surface area contributed by atoms with Crippen LogP contribution in [0, 0.1) is 13.8 Å². The van der Waals surface area contributed by atoms with E-state index in [4.69, 9.17) is 4.74 Å². The molecule has 2 rings (SSSR count). The van der Waals surface area contributed by atoms with Gasteiger partial charge in [0.15, 0.2) is 13.1 Å². The van der Waals surface area contributed by atoms with Crippen molar-refractivity contribution in [2.75, 3.05) is 44.6 Å². The first-order valence-electron chi connectivity index (χ1n) is 9.39. The highest BCUT2D eigenvalue weighted by atomic mass is 16.6. The van der Waals surface area contributed by atoms with E-state index in [0.717, 1.165) is 43.0 Å². The van der Waals surface area contributed by atoms with Gasteiger partial charge in [-0.1, -0.05) is 18.2 Å². The SMILES string of the molecule is Cc1cccc(C)c1NC(=O)C[NH+]1CC[NH+](CC(=O)OC(C)(C)C)CC1. The number of benzene rings is 1. The number of esters is 1. The summed E-state index contributed by atoms with van der Waals surface area (Å²) in [4.78, 5) is 26.8. The first kappa shape index (κ1) is 20.4. The lowest BCUT2D eigenvalue weighted by Gasteiger charge is -2.29. The number of rotatable bonds is 5. The molecule has 26 heavy (non-hydrogen) atoms. The molecule has 1 saturated heterocycles. The summed E-state index contributed by atoms with van der Waals surface area (Å²) in [5.74, 6) is -0.100. The number of hydrogen-bond donors (Lipinski definition) is 3. The van der Waals surface area contributed by atoms with E-state index in [2.05, 4.69) is 5.32 Å². The number of carbonyl (C=O) groups excluding carboxylic acids is 2. The molecule has 1 aliphatic heterocycles. The lowest BCUT2D eigenvalue weighted by molar-refractivity contribution is -1.00. The molecule has 1 heterocycles. The second-order valence-corrected chi connectivity index (χ2v) is 8.25.